The lowest BCUT2D eigenvalue weighted by Gasteiger charge is -2.33. The number of carbonyl (C=O) groups is 1. The van der Waals surface area contributed by atoms with E-state index in [2.05, 4.69) is 6.92 Å². The van der Waals surface area contributed by atoms with E-state index in [4.69, 9.17) is 9.72 Å². The molecule has 8 heteroatoms. The van der Waals surface area contributed by atoms with E-state index in [0.29, 0.717) is 5.16 Å². The predicted octanol–water partition coefficient (Wildman–Crippen LogP) is 4.83. The van der Waals surface area contributed by atoms with Crippen LogP contribution in [0.5, 0.6) is 5.75 Å². The Balaban J connectivity index is 1.55. The molecule has 0 radical (unpaired) electrons. The number of benzene rings is 1. The largest absolute Gasteiger partial charge is 0.497 e. The average molecular weight is 484 g/mol. The van der Waals surface area contributed by atoms with E-state index < -0.39 is 0 Å². The van der Waals surface area contributed by atoms with Crippen molar-refractivity contribution in [3.63, 3.8) is 0 Å². The number of ether oxygens (including phenoxy) is 1. The van der Waals surface area contributed by atoms with Crippen molar-refractivity contribution in [1.29, 1.82) is 0 Å². The molecule has 5 rings (SSSR count). The molecular weight excluding hydrogens is 454 g/mol. The third-order valence-electron chi connectivity index (χ3n) is 6.74. The van der Waals surface area contributed by atoms with Gasteiger partial charge < -0.3 is 9.64 Å². The van der Waals surface area contributed by atoms with Gasteiger partial charge in [-0.25, -0.2) is 4.98 Å². The number of aryl methyl sites for hydroxylation is 2. The van der Waals surface area contributed by atoms with Crippen LogP contribution in [0.1, 0.15) is 49.5 Å². The zero-order valence-electron chi connectivity index (χ0n) is 19.1. The fourth-order valence-electron chi connectivity index (χ4n) is 4.92. The first kappa shape index (κ1) is 22.5. The van der Waals surface area contributed by atoms with Crippen LogP contribution in [-0.4, -0.2) is 45.8 Å². The first-order valence-corrected chi connectivity index (χ1v) is 13.5. The van der Waals surface area contributed by atoms with Gasteiger partial charge in [-0.3, -0.25) is 14.2 Å². The second-order valence-electron chi connectivity index (χ2n) is 8.84. The lowest BCUT2D eigenvalue weighted by Crippen LogP contribution is -2.43. The first-order valence-electron chi connectivity index (χ1n) is 11.7. The summed E-state index contributed by atoms with van der Waals surface area (Å²) in [6, 6.07) is 7.74. The average Bonchev–Trinajstić information content (AvgIpc) is 3.22. The molecular formula is C25H29N3O3S2. The zero-order chi connectivity index (χ0) is 22.9. The molecule has 174 valence electrons. The number of rotatable bonds is 5. The van der Waals surface area contributed by atoms with Crippen LogP contribution in [0.3, 0.4) is 0 Å². The molecule has 1 amide bonds. The Labute approximate surface area is 202 Å². The van der Waals surface area contributed by atoms with E-state index in [1.165, 1.54) is 28.6 Å². The Hall–Kier alpha value is -2.32. The van der Waals surface area contributed by atoms with Crippen LogP contribution in [0.15, 0.2) is 34.2 Å². The van der Waals surface area contributed by atoms with Crippen LogP contribution in [0.25, 0.3) is 15.9 Å². The van der Waals surface area contributed by atoms with Gasteiger partial charge in [0.15, 0.2) is 5.16 Å². The summed E-state index contributed by atoms with van der Waals surface area (Å²) < 4.78 is 6.98. The van der Waals surface area contributed by atoms with Crippen LogP contribution in [-0.2, 0) is 17.6 Å². The van der Waals surface area contributed by atoms with Crippen molar-refractivity contribution < 1.29 is 9.53 Å². The third kappa shape index (κ3) is 4.30. The van der Waals surface area contributed by atoms with Gasteiger partial charge in [0.05, 0.1) is 23.9 Å². The van der Waals surface area contributed by atoms with Crippen LogP contribution < -0.4 is 10.3 Å². The van der Waals surface area contributed by atoms with Gasteiger partial charge in [0.2, 0.25) is 5.91 Å². The van der Waals surface area contributed by atoms with Crippen LogP contribution in [0.4, 0.5) is 0 Å². The number of hydrogen-bond donors (Lipinski definition) is 0. The summed E-state index contributed by atoms with van der Waals surface area (Å²) in [6.07, 6.45) is 7.52. The fourth-order valence-corrected chi connectivity index (χ4v) is 7.12. The van der Waals surface area contributed by atoms with E-state index in [0.717, 1.165) is 66.7 Å². The van der Waals surface area contributed by atoms with Gasteiger partial charge in [0.25, 0.3) is 5.56 Å². The van der Waals surface area contributed by atoms with Gasteiger partial charge >= 0.3 is 0 Å². The SMILES string of the molecule is COc1ccc(-n2c(SCC(=O)N3CCCC[C@H]3C)nc3sc4c(c3c2=O)CCCC4)cc1. The number of thiophene rings is 1. The molecule has 1 aromatic carbocycles. The van der Waals surface area contributed by atoms with Crippen molar-refractivity contribution in [3.05, 3.63) is 45.1 Å². The highest BCUT2D eigenvalue weighted by Crippen LogP contribution is 2.35. The smallest absolute Gasteiger partial charge is 0.267 e. The number of aromatic nitrogens is 2. The van der Waals surface area contributed by atoms with E-state index in [-0.39, 0.29) is 23.3 Å². The molecule has 2 aliphatic rings. The molecule has 33 heavy (non-hydrogen) atoms. The van der Waals surface area contributed by atoms with E-state index in [9.17, 15) is 9.59 Å². The van der Waals surface area contributed by atoms with Crippen molar-refractivity contribution in [2.75, 3.05) is 19.4 Å². The molecule has 0 unspecified atom stereocenters. The number of methoxy groups -OCH3 is 1. The molecule has 0 N–H and O–H groups in total. The standard InChI is InChI=1S/C25H29N3O3S2/c1-16-7-5-6-14-27(16)21(29)15-32-25-26-23-22(19-8-3-4-9-20(19)33-23)24(30)28(25)17-10-12-18(31-2)13-11-17/h10-13,16H,3-9,14-15H2,1-2H3/t16-/m1/s1. The second kappa shape index (κ2) is 9.50. The summed E-state index contributed by atoms with van der Waals surface area (Å²) >= 11 is 3.01. The highest BCUT2D eigenvalue weighted by atomic mass is 32.2. The zero-order valence-corrected chi connectivity index (χ0v) is 20.8. The third-order valence-corrected chi connectivity index (χ3v) is 8.85. The molecule has 3 aromatic rings. The first-order chi connectivity index (χ1) is 16.1. The lowest BCUT2D eigenvalue weighted by atomic mass is 9.97. The maximum Gasteiger partial charge on any atom is 0.267 e. The molecule has 0 spiro atoms. The normalized spacial score (nSPS) is 18.4. The predicted molar refractivity (Wildman–Crippen MR) is 134 cm³/mol. The van der Waals surface area contributed by atoms with E-state index in [1.807, 2.05) is 29.2 Å². The molecule has 1 fully saturated rings. The molecule has 1 aliphatic carbocycles. The molecule has 1 atom stereocenters. The van der Waals surface area contributed by atoms with Crippen LogP contribution in [0.2, 0.25) is 0 Å². The number of hydrogen-bond acceptors (Lipinski definition) is 6. The summed E-state index contributed by atoms with van der Waals surface area (Å²) in [5.74, 6) is 1.13. The van der Waals surface area contributed by atoms with E-state index >= 15 is 0 Å². The molecule has 0 bridgehead atoms. The maximum atomic E-state index is 13.8. The van der Waals surface area contributed by atoms with Crippen LogP contribution in [0, 0.1) is 0 Å². The number of fused-ring (bicyclic) bond motifs is 3. The summed E-state index contributed by atoms with van der Waals surface area (Å²) in [6.45, 7) is 2.94. The molecule has 0 saturated carbocycles. The van der Waals surface area contributed by atoms with E-state index in [1.54, 1.807) is 23.0 Å². The number of thioether (sulfide) groups is 1. The summed E-state index contributed by atoms with van der Waals surface area (Å²) in [5.41, 5.74) is 1.88. The fraction of sp³-hybridized carbons (Fsp3) is 0.480. The number of likely N-dealkylation sites (tertiary alicyclic amines) is 1. The Morgan fingerprint density at radius 3 is 2.73 bits per heavy atom. The topological polar surface area (TPSA) is 64.4 Å². The Kier molecular flexibility index (Phi) is 6.47. The van der Waals surface area contributed by atoms with Gasteiger partial charge in [0.1, 0.15) is 10.6 Å². The number of nitrogens with zero attached hydrogens (tertiary/aromatic N) is 3. The summed E-state index contributed by atoms with van der Waals surface area (Å²) in [7, 11) is 1.63. The molecule has 2 aromatic heterocycles. The van der Waals surface area contributed by atoms with Crippen LogP contribution >= 0.6 is 23.1 Å². The number of carbonyl (C=O) groups excluding carboxylic acids is 1. The van der Waals surface area contributed by atoms with Gasteiger partial charge in [0, 0.05) is 17.5 Å². The number of piperidine rings is 1. The highest BCUT2D eigenvalue weighted by molar-refractivity contribution is 7.99. The highest BCUT2D eigenvalue weighted by Gasteiger charge is 2.26. The monoisotopic (exact) mass is 483 g/mol. The second-order valence-corrected chi connectivity index (χ2v) is 10.9. The van der Waals surface area contributed by atoms with Crippen molar-refractivity contribution in [2.24, 2.45) is 0 Å². The minimum Gasteiger partial charge on any atom is -0.497 e. The number of amides is 1. The quantitative estimate of drug-likeness (QED) is 0.384. The lowest BCUT2D eigenvalue weighted by molar-refractivity contribution is -0.131. The van der Waals surface area contributed by atoms with Gasteiger partial charge in [-0.2, -0.15) is 0 Å². The minimum absolute atomic E-state index is 0.0362. The molecule has 1 aliphatic heterocycles. The molecule has 6 nitrogen and oxygen atoms in total. The Morgan fingerprint density at radius 2 is 1.97 bits per heavy atom. The summed E-state index contributed by atoms with van der Waals surface area (Å²) in [5, 5.41) is 1.33. The Bertz CT molecular complexity index is 1230. The van der Waals surface area contributed by atoms with Crippen molar-refractivity contribution in [3.8, 4) is 11.4 Å². The van der Waals surface area contributed by atoms with Gasteiger partial charge in [-0.1, -0.05) is 11.8 Å². The van der Waals surface area contributed by atoms with Crippen molar-refractivity contribution in [1.82, 2.24) is 14.5 Å². The van der Waals surface area contributed by atoms with Crippen molar-refractivity contribution in [2.45, 2.75) is 63.1 Å². The summed E-state index contributed by atoms with van der Waals surface area (Å²) in [4.78, 5) is 35.8. The molecule has 3 heterocycles. The van der Waals surface area contributed by atoms with Crippen molar-refractivity contribution >= 4 is 39.2 Å². The molecule has 1 saturated heterocycles. The minimum atomic E-state index is -0.0362. The van der Waals surface area contributed by atoms with Gasteiger partial charge in [-0.05, 0) is 81.7 Å². The Morgan fingerprint density at radius 1 is 1.18 bits per heavy atom. The maximum absolute atomic E-state index is 13.8. The van der Waals surface area contributed by atoms with Gasteiger partial charge in [-0.15, -0.1) is 11.3 Å².